The fourth-order valence-corrected chi connectivity index (χ4v) is 9.61. The van der Waals surface area contributed by atoms with Crippen molar-refractivity contribution in [2.75, 3.05) is 19.6 Å². The molecule has 73 heavy (non-hydrogen) atoms. The lowest BCUT2D eigenvalue weighted by atomic mass is 10.0. The third-order valence-electron chi connectivity index (χ3n) is 13.2. The monoisotopic (exact) mass is 938 g/mol. The molecule has 0 aliphatic heterocycles. The maximum Gasteiger partial charge on any atom is 0.0468 e. The van der Waals surface area contributed by atoms with Gasteiger partial charge in [0.15, 0.2) is 0 Å². The van der Waals surface area contributed by atoms with Gasteiger partial charge in [0.25, 0.3) is 0 Å². The first-order valence-electron chi connectivity index (χ1n) is 25.0. The van der Waals surface area contributed by atoms with Gasteiger partial charge in [-0.25, -0.2) is 0 Å². The molecule has 1 aliphatic rings. The molecule has 11 rings (SSSR count). The van der Waals surface area contributed by atoms with Crippen LogP contribution in [0.5, 0.6) is 0 Å². The second-order valence-corrected chi connectivity index (χ2v) is 17.9. The summed E-state index contributed by atoms with van der Waals surface area (Å²) in [6.07, 6.45) is 14.2. The van der Waals surface area contributed by atoms with Crippen molar-refractivity contribution in [1.29, 1.82) is 0 Å². The second kappa shape index (κ2) is 21.6. The molecule has 4 nitrogen and oxygen atoms in total. The summed E-state index contributed by atoms with van der Waals surface area (Å²) in [7, 11) is 0. The molecule has 0 saturated carbocycles. The number of fused-ring (bicyclic) bond motifs is 2. The predicted octanol–water partition coefficient (Wildman–Crippen LogP) is 19.3. The molecule has 0 amide bonds. The van der Waals surface area contributed by atoms with Gasteiger partial charge in [0.05, 0.1) is 0 Å². The van der Waals surface area contributed by atoms with Gasteiger partial charge in [-0.05, 0) is 180 Å². The van der Waals surface area contributed by atoms with Crippen molar-refractivity contribution in [3.8, 4) is 11.8 Å². The molecule has 0 N–H and O–H groups in total. The zero-order chi connectivity index (χ0) is 49.2. The van der Waals surface area contributed by atoms with Crippen molar-refractivity contribution in [2.24, 2.45) is 0 Å². The van der Waals surface area contributed by atoms with Gasteiger partial charge in [0.1, 0.15) is 0 Å². The molecular weight excluding hydrogens is 885 g/mol. The van der Waals surface area contributed by atoms with E-state index < -0.39 is 0 Å². The Bertz CT molecular complexity index is 3610. The van der Waals surface area contributed by atoms with Crippen LogP contribution in [0, 0.1) is 11.8 Å². The predicted molar refractivity (Wildman–Crippen MR) is 312 cm³/mol. The molecule has 0 aromatic heterocycles. The molecule has 0 radical (unpaired) electrons. The molecule has 10 aromatic carbocycles. The maximum absolute atomic E-state index is 3.33. The van der Waals surface area contributed by atoms with Crippen LogP contribution in [0.15, 0.2) is 273 Å². The summed E-state index contributed by atoms with van der Waals surface area (Å²) in [6.45, 7) is 2.03. The van der Waals surface area contributed by atoms with E-state index in [1.807, 2.05) is 13.0 Å². The van der Waals surface area contributed by atoms with Crippen molar-refractivity contribution < 1.29 is 0 Å². The first-order chi connectivity index (χ1) is 36.2. The van der Waals surface area contributed by atoms with Gasteiger partial charge in [0.2, 0.25) is 0 Å². The summed E-state index contributed by atoms with van der Waals surface area (Å²) in [5.41, 5.74) is 16.4. The van der Waals surface area contributed by atoms with Gasteiger partial charge >= 0.3 is 0 Å². The number of nitrogens with zero attached hydrogens (tertiary/aromatic N) is 4. The third kappa shape index (κ3) is 10.2. The maximum atomic E-state index is 3.33. The largest absolute Gasteiger partial charge is 0.311 e. The smallest absolute Gasteiger partial charge is 0.0468 e. The van der Waals surface area contributed by atoms with E-state index in [9.17, 15) is 0 Å². The van der Waals surface area contributed by atoms with Gasteiger partial charge in [-0.3, -0.25) is 0 Å². The highest BCUT2D eigenvalue weighted by Gasteiger charge is 2.20. The standard InChI is InChI=1S/C69H54N4/c1-2-3-9-20-53-31-35-61(36-32-53)70(58-25-12-6-13-26-58)62-39-41-63(42-40-62)71(65-45-49-67(50-46-65)73(60-29-16-8-17-30-60)69-38-34-55-22-18-19-24-57(55)52-69)64-43-47-66(48-44-64)72(59-27-14-7-15-28-59)68-37-33-54-21-10-4-5-11-23-56(54)51-68/h2-3,6-9,11-20,22-52H,5,21H2,1H3/b3-2-,20-9-,23-11-. The fourth-order valence-electron chi connectivity index (χ4n) is 9.61. The first kappa shape index (κ1) is 45.9. The first-order valence-corrected chi connectivity index (χ1v) is 25.0. The van der Waals surface area contributed by atoms with Crippen LogP contribution in [0.3, 0.4) is 0 Å². The van der Waals surface area contributed by atoms with E-state index in [2.05, 4.69) is 311 Å². The number of para-hydroxylation sites is 3. The topological polar surface area (TPSA) is 13.0 Å². The van der Waals surface area contributed by atoms with Crippen molar-refractivity contribution in [1.82, 2.24) is 0 Å². The molecule has 0 spiro atoms. The average molecular weight is 939 g/mol. The Labute approximate surface area is 430 Å². The van der Waals surface area contributed by atoms with E-state index in [4.69, 9.17) is 0 Å². The van der Waals surface area contributed by atoms with Crippen molar-refractivity contribution in [3.63, 3.8) is 0 Å². The highest BCUT2D eigenvalue weighted by molar-refractivity contribution is 5.90. The minimum Gasteiger partial charge on any atom is -0.311 e. The summed E-state index contributed by atoms with van der Waals surface area (Å²) in [5.74, 6) is 6.58. The normalized spacial score (nSPS) is 12.3. The number of allylic oxidation sites excluding steroid dienone is 4. The molecule has 0 fully saturated rings. The molecule has 350 valence electrons. The van der Waals surface area contributed by atoms with E-state index in [-0.39, 0.29) is 0 Å². The lowest BCUT2D eigenvalue weighted by molar-refractivity contribution is 1.23. The Balaban J connectivity index is 0.997. The van der Waals surface area contributed by atoms with E-state index in [0.29, 0.717) is 0 Å². The number of anilines is 12. The van der Waals surface area contributed by atoms with Crippen LogP contribution in [0.2, 0.25) is 0 Å². The summed E-state index contributed by atoms with van der Waals surface area (Å²) in [5, 5.41) is 2.42. The Morgan fingerprint density at radius 1 is 0.342 bits per heavy atom. The number of benzene rings is 10. The van der Waals surface area contributed by atoms with Gasteiger partial charge in [-0.1, -0.05) is 151 Å². The summed E-state index contributed by atoms with van der Waals surface area (Å²) < 4.78 is 0. The fraction of sp³-hybridized carbons (Fsp3) is 0.0435. The lowest BCUT2D eigenvalue weighted by Crippen LogP contribution is -2.14. The van der Waals surface area contributed by atoms with Crippen LogP contribution in [-0.4, -0.2) is 0 Å². The minimum absolute atomic E-state index is 0.748. The quantitative estimate of drug-likeness (QED) is 0.0795. The molecule has 0 heterocycles. The molecule has 0 saturated heterocycles. The summed E-state index contributed by atoms with van der Waals surface area (Å²) in [6, 6.07) is 89.4. The molecule has 0 bridgehead atoms. The van der Waals surface area contributed by atoms with Crippen LogP contribution >= 0.6 is 0 Å². The molecule has 4 heteroatoms. The van der Waals surface area contributed by atoms with Gasteiger partial charge in [0, 0.05) is 81.1 Å². The molecule has 10 aromatic rings. The van der Waals surface area contributed by atoms with Gasteiger partial charge in [-0.15, -0.1) is 0 Å². The van der Waals surface area contributed by atoms with Gasteiger partial charge in [-0.2, -0.15) is 0 Å². The Morgan fingerprint density at radius 2 is 0.726 bits per heavy atom. The Hall–Kier alpha value is -9.56. The van der Waals surface area contributed by atoms with E-state index in [1.165, 1.54) is 21.9 Å². The Kier molecular flexibility index (Phi) is 13.6. The highest BCUT2D eigenvalue weighted by atomic mass is 15.2. The van der Waals surface area contributed by atoms with Gasteiger partial charge < -0.3 is 19.6 Å². The minimum atomic E-state index is 0.748. The molecule has 0 unspecified atom stereocenters. The summed E-state index contributed by atoms with van der Waals surface area (Å²) in [4.78, 5) is 9.33. The van der Waals surface area contributed by atoms with Crippen LogP contribution in [0.4, 0.5) is 68.2 Å². The SMILES string of the molecule is C/C=C\C=C/c1ccc(N(c2ccccc2)c2ccc(N(c3ccc(N(c4ccccc4)c4ccc5c(c4)/C=C\CC#CC5)cc3)c3ccc(N(c4ccccc4)c4ccc5ccccc5c4)cc3)cc2)cc1. The van der Waals surface area contributed by atoms with Crippen LogP contribution < -0.4 is 19.6 Å². The third-order valence-corrected chi connectivity index (χ3v) is 13.2. The number of rotatable bonds is 14. The average Bonchev–Trinajstić information content (AvgIpc) is 3.44. The second-order valence-electron chi connectivity index (χ2n) is 17.9. The van der Waals surface area contributed by atoms with Crippen LogP contribution in [0.25, 0.3) is 22.9 Å². The lowest BCUT2D eigenvalue weighted by Gasteiger charge is -2.30. The van der Waals surface area contributed by atoms with E-state index in [1.54, 1.807) is 0 Å². The van der Waals surface area contributed by atoms with E-state index >= 15 is 0 Å². The zero-order valence-electron chi connectivity index (χ0n) is 40.8. The van der Waals surface area contributed by atoms with Crippen molar-refractivity contribution >= 4 is 91.2 Å². The van der Waals surface area contributed by atoms with Crippen molar-refractivity contribution in [2.45, 2.75) is 19.8 Å². The molecular formula is C69H54N4. The Morgan fingerprint density at radius 3 is 1.21 bits per heavy atom. The molecule has 1 aliphatic carbocycles. The van der Waals surface area contributed by atoms with Crippen LogP contribution in [0.1, 0.15) is 30.0 Å². The van der Waals surface area contributed by atoms with Crippen LogP contribution in [-0.2, 0) is 6.42 Å². The molecule has 0 atom stereocenters. The summed E-state index contributed by atoms with van der Waals surface area (Å²) >= 11 is 0. The zero-order valence-corrected chi connectivity index (χ0v) is 40.8. The number of hydrogen-bond donors (Lipinski definition) is 0. The van der Waals surface area contributed by atoms with Crippen molar-refractivity contribution in [3.05, 3.63) is 290 Å². The highest BCUT2D eigenvalue weighted by Crippen LogP contribution is 2.43. The van der Waals surface area contributed by atoms with E-state index in [0.717, 1.165) is 86.7 Å². The number of hydrogen-bond acceptors (Lipinski definition) is 4.